The molecule has 3 heterocycles. The Hall–Kier alpha value is -2.97. The molecule has 0 bridgehead atoms. The summed E-state index contributed by atoms with van der Waals surface area (Å²) in [5, 5.41) is 2.87. The average molecular weight is 402 g/mol. The first kappa shape index (κ1) is 19.4. The molecule has 2 saturated heterocycles. The minimum absolute atomic E-state index is 0.168. The molecule has 0 radical (unpaired) electrons. The van der Waals surface area contributed by atoms with Gasteiger partial charge in [-0.15, -0.1) is 0 Å². The molecule has 29 heavy (non-hydrogen) atoms. The number of benzene rings is 1. The molecule has 2 fully saturated rings. The summed E-state index contributed by atoms with van der Waals surface area (Å²) in [6.45, 7) is 5.55. The van der Waals surface area contributed by atoms with E-state index >= 15 is 0 Å². The number of hydrogen-bond acceptors (Lipinski definition) is 5. The van der Waals surface area contributed by atoms with Crippen molar-refractivity contribution in [3.63, 3.8) is 0 Å². The van der Waals surface area contributed by atoms with E-state index in [2.05, 4.69) is 5.32 Å². The predicted octanol–water partition coefficient (Wildman–Crippen LogP) is 2.33. The fraction of sp³-hybridized carbons (Fsp3) is 0.550. The highest BCUT2D eigenvalue weighted by Crippen LogP contribution is 2.38. The SMILES string of the molecule is CC(C)CN1C(=O)N(C)C(=O)C12CCN(C(=O)Nc1ccc3c(c1)OCO3)CC2. The number of imide groups is 1. The van der Waals surface area contributed by atoms with Crippen molar-refractivity contribution in [2.24, 2.45) is 5.92 Å². The lowest BCUT2D eigenvalue weighted by Crippen LogP contribution is -2.58. The number of nitrogens with one attached hydrogen (secondary N) is 1. The maximum Gasteiger partial charge on any atom is 0.327 e. The van der Waals surface area contributed by atoms with Crippen molar-refractivity contribution in [3.8, 4) is 11.5 Å². The van der Waals surface area contributed by atoms with E-state index in [0.717, 1.165) is 0 Å². The van der Waals surface area contributed by atoms with Crippen LogP contribution in [0.4, 0.5) is 15.3 Å². The van der Waals surface area contributed by atoms with Crippen molar-refractivity contribution in [2.45, 2.75) is 32.2 Å². The molecule has 0 aromatic heterocycles. The molecule has 1 spiro atoms. The van der Waals surface area contributed by atoms with Crippen molar-refractivity contribution in [1.82, 2.24) is 14.7 Å². The van der Waals surface area contributed by atoms with E-state index in [1.165, 1.54) is 11.9 Å². The van der Waals surface area contributed by atoms with Crippen LogP contribution in [0.5, 0.6) is 11.5 Å². The van der Waals surface area contributed by atoms with Gasteiger partial charge < -0.3 is 24.6 Å². The number of hydrogen-bond donors (Lipinski definition) is 1. The van der Waals surface area contributed by atoms with Crippen molar-refractivity contribution >= 4 is 23.7 Å². The number of carbonyl (C=O) groups excluding carboxylic acids is 3. The number of ether oxygens (including phenoxy) is 2. The number of piperidine rings is 1. The van der Waals surface area contributed by atoms with Gasteiger partial charge in [-0.3, -0.25) is 9.69 Å². The number of urea groups is 2. The molecule has 0 aliphatic carbocycles. The highest BCUT2D eigenvalue weighted by Gasteiger charge is 2.57. The Bertz CT molecular complexity index is 847. The molecule has 5 amide bonds. The minimum atomic E-state index is -0.842. The summed E-state index contributed by atoms with van der Waals surface area (Å²) in [6, 6.07) is 4.76. The zero-order valence-electron chi connectivity index (χ0n) is 16.9. The Morgan fingerprint density at radius 2 is 1.86 bits per heavy atom. The summed E-state index contributed by atoms with van der Waals surface area (Å²) >= 11 is 0. The Morgan fingerprint density at radius 1 is 1.17 bits per heavy atom. The van der Waals surface area contributed by atoms with Crippen LogP contribution < -0.4 is 14.8 Å². The van der Waals surface area contributed by atoms with Gasteiger partial charge in [0.15, 0.2) is 11.5 Å². The molecule has 156 valence electrons. The molecule has 9 nitrogen and oxygen atoms in total. The van der Waals surface area contributed by atoms with Crippen LogP contribution in [0.1, 0.15) is 26.7 Å². The van der Waals surface area contributed by atoms with Crippen LogP contribution in [0.15, 0.2) is 18.2 Å². The smallest absolute Gasteiger partial charge is 0.327 e. The first-order chi connectivity index (χ1) is 13.8. The van der Waals surface area contributed by atoms with E-state index in [4.69, 9.17) is 9.47 Å². The molecule has 9 heteroatoms. The lowest BCUT2D eigenvalue weighted by atomic mass is 9.85. The number of rotatable bonds is 3. The Balaban J connectivity index is 1.43. The second-order valence-corrected chi connectivity index (χ2v) is 8.17. The van der Waals surface area contributed by atoms with E-state index in [1.807, 2.05) is 13.8 Å². The maximum atomic E-state index is 12.9. The van der Waals surface area contributed by atoms with Gasteiger partial charge in [-0.2, -0.15) is 0 Å². The molecule has 0 unspecified atom stereocenters. The fourth-order valence-corrected chi connectivity index (χ4v) is 4.24. The summed E-state index contributed by atoms with van der Waals surface area (Å²) in [6.07, 6.45) is 0.867. The van der Waals surface area contributed by atoms with E-state index in [-0.39, 0.29) is 30.7 Å². The van der Waals surface area contributed by atoms with E-state index in [1.54, 1.807) is 28.0 Å². The quantitative estimate of drug-likeness (QED) is 0.784. The average Bonchev–Trinajstić information content (AvgIpc) is 3.23. The van der Waals surface area contributed by atoms with Gasteiger partial charge in [-0.1, -0.05) is 13.8 Å². The largest absolute Gasteiger partial charge is 0.454 e. The predicted molar refractivity (Wildman–Crippen MR) is 105 cm³/mol. The second kappa shape index (κ2) is 7.13. The Morgan fingerprint density at radius 3 is 2.55 bits per heavy atom. The summed E-state index contributed by atoms with van der Waals surface area (Å²) in [5.41, 5.74) is -0.223. The maximum absolute atomic E-state index is 12.9. The topological polar surface area (TPSA) is 91.4 Å². The van der Waals surface area contributed by atoms with Gasteiger partial charge in [0, 0.05) is 38.4 Å². The number of likely N-dealkylation sites (tertiary alicyclic amines) is 1. The van der Waals surface area contributed by atoms with Crippen LogP contribution in [0.2, 0.25) is 0 Å². The van der Waals surface area contributed by atoms with Crippen LogP contribution in [-0.2, 0) is 4.79 Å². The van der Waals surface area contributed by atoms with Crippen LogP contribution in [-0.4, -0.2) is 71.7 Å². The molecule has 1 N–H and O–H groups in total. The minimum Gasteiger partial charge on any atom is -0.454 e. The third-order valence-electron chi connectivity index (χ3n) is 5.79. The third-order valence-corrected chi connectivity index (χ3v) is 5.79. The first-order valence-electron chi connectivity index (χ1n) is 9.87. The second-order valence-electron chi connectivity index (χ2n) is 8.17. The van der Waals surface area contributed by atoms with Crippen molar-refractivity contribution in [3.05, 3.63) is 18.2 Å². The van der Waals surface area contributed by atoms with Crippen LogP contribution in [0.3, 0.4) is 0 Å². The van der Waals surface area contributed by atoms with Gasteiger partial charge >= 0.3 is 12.1 Å². The summed E-state index contributed by atoms with van der Waals surface area (Å²) in [4.78, 5) is 42.8. The third kappa shape index (κ3) is 3.24. The lowest BCUT2D eigenvalue weighted by molar-refractivity contribution is -0.134. The zero-order valence-corrected chi connectivity index (χ0v) is 16.9. The first-order valence-corrected chi connectivity index (χ1v) is 9.87. The van der Waals surface area contributed by atoms with Crippen molar-refractivity contribution in [1.29, 1.82) is 0 Å². The molecule has 0 saturated carbocycles. The van der Waals surface area contributed by atoms with Gasteiger partial charge in [-0.05, 0) is 30.9 Å². The number of anilines is 1. The molecular weight excluding hydrogens is 376 g/mol. The highest BCUT2D eigenvalue weighted by molar-refractivity contribution is 6.07. The van der Waals surface area contributed by atoms with Crippen molar-refractivity contribution < 1.29 is 23.9 Å². The van der Waals surface area contributed by atoms with E-state index in [9.17, 15) is 14.4 Å². The number of amides is 5. The van der Waals surface area contributed by atoms with Crippen LogP contribution >= 0.6 is 0 Å². The fourth-order valence-electron chi connectivity index (χ4n) is 4.24. The van der Waals surface area contributed by atoms with Gasteiger partial charge in [-0.25, -0.2) is 9.59 Å². The molecule has 3 aliphatic heterocycles. The molecule has 1 aromatic carbocycles. The standard InChI is InChI=1S/C20H26N4O5/c1-13(2)11-24-19(27)22(3)17(25)20(24)6-8-23(9-7-20)18(26)21-14-4-5-15-16(10-14)29-12-28-15/h4-5,10,13H,6-9,11-12H2,1-3H3,(H,21,26). The van der Waals surface area contributed by atoms with E-state index < -0.39 is 5.54 Å². The molecule has 4 rings (SSSR count). The van der Waals surface area contributed by atoms with Crippen LogP contribution in [0.25, 0.3) is 0 Å². The lowest BCUT2D eigenvalue weighted by Gasteiger charge is -2.42. The van der Waals surface area contributed by atoms with Crippen molar-refractivity contribution in [2.75, 3.05) is 38.8 Å². The van der Waals surface area contributed by atoms with Crippen LogP contribution in [0, 0.1) is 5.92 Å². The van der Waals surface area contributed by atoms with Gasteiger partial charge in [0.2, 0.25) is 6.79 Å². The normalized spacial score (nSPS) is 20.2. The Labute approximate surface area is 169 Å². The number of nitrogens with zero attached hydrogens (tertiary/aromatic N) is 3. The summed E-state index contributed by atoms with van der Waals surface area (Å²) in [5.74, 6) is 1.34. The molecule has 3 aliphatic rings. The van der Waals surface area contributed by atoms with E-state index in [0.29, 0.717) is 49.7 Å². The van der Waals surface area contributed by atoms with Gasteiger partial charge in [0.25, 0.3) is 5.91 Å². The Kier molecular flexibility index (Phi) is 4.76. The van der Waals surface area contributed by atoms with Gasteiger partial charge in [0.05, 0.1) is 0 Å². The molecule has 1 aromatic rings. The monoisotopic (exact) mass is 402 g/mol. The zero-order chi connectivity index (χ0) is 20.8. The van der Waals surface area contributed by atoms with Gasteiger partial charge in [0.1, 0.15) is 5.54 Å². The molecular formula is C20H26N4O5. The summed E-state index contributed by atoms with van der Waals surface area (Å²) < 4.78 is 10.6. The molecule has 0 atom stereocenters. The number of carbonyl (C=O) groups is 3. The number of fused-ring (bicyclic) bond motifs is 1. The highest BCUT2D eigenvalue weighted by atomic mass is 16.7. The number of likely N-dealkylation sites (N-methyl/N-ethyl adjacent to an activating group) is 1. The summed E-state index contributed by atoms with van der Waals surface area (Å²) in [7, 11) is 1.53.